The van der Waals surface area contributed by atoms with Gasteiger partial charge >= 0.3 is 0 Å². The van der Waals surface area contributed by atoms with E-state index in [1.165, 1.54) is 36.7 Å². The minimum atomic E-state index is 0.583. The molecule has 1 aliphatic rings. The van der Waals surface area contributed by atoms with E-state index in [-0.39, 0.29) is 0 Å². The van der Waals surface area contributed by atoms with E-state index >= 15 is 0 Å². The topological polar surface area (TPSA) is 47.0 Å². The van der Waals surface area contributed by atoms with Crippen molar-refractivity contribution < 1.29 is 4.74 Å². The first-order valence-corrected chi connectivity index (χ1v) is 7.71. The first-order valence-electron chi connectivity index (χ1n) is 7.71. The van der Waals surface area contributed by atoms with Crippen LogP contribution >= 0.6 is 0 Å². The van der Waals surface area contributed by atoms with Gasteiger partial charge < -0.3 is 10.1 Å². The van der Waals surface area contributed by atoms with Gasteiger partial charge in [-0.05, 0) is 55.4 Å². The van der Waals surface area contributed by atoms with Crippen LogP contribution in [0.25, 0.3) is 0 Å². The number of hydrogen-bond acceptors (Lipinski definition) is 4. The zero-order valence-corrected chi connectivity index (χ0v) is 12.4. The van der Waals surface area contributed by atoms with Crippen LogP contribution in [0.15, 0.2) is 30.6 Å². The second-order valence-corrected chi connectivity index (χ2v) is 5.41. The molecule has 0 amide bonds. The second-order valence-electron chi connectivity index (χ2n) is 5.41. The molecule has 0 unspecified atom stereocenters. The number of nitrogens with zero attached hydrogens (tertiary/aromatic N) is 2. The van der Waals surface area contributed by atoms with Crippen LogP contribution in [0, 0.1) is 0 Å². The molecule has 4 nitrogen and oxygen atoms in total. The van der Waals surface area contributed by atoms with Crippen LogP contribution < -0.4 is 10.1 Å². The molecule has 1 heterocycles. The Bertz CT molecular complexity index is 613. The highest BCUT2D eigenvalue weighted by Gasteiger charge is 2.10. The van der Waals surface area contributed by atoms with Crippen LogP contribution in [0.4, 0.5) is 5.82 Å². The molecule has 0 radical (unpaired) electrons. The third-order valence-corrected chi connectivity index (χ3v) is 3.74. The highest BCUT2D eigenvalue weighted by Crippen LogP contribution is 2.28. The summed E-state index contributed by atoms with van der Waals surface area (Å²) in [6.45, 7) is 3.02. The van der Waals surface area contributed by atoms with Crippen molar-refractivity contribution in [2.75, 3.05) is 11.9 Å². The SMILES string of the molecule is CCCNc1cc(Oc2ccc3c(c2)CCCC3)ncn1. The Labute approximate surface area is 125 Å². The van der Waals surface area contributed by atoms with Gasteiger partial charge in [-0.15, -0.1) is 0 Å². The van der Waals surface area contributed by atoms with Gasteiger partial charge in [-0.3, -0.25) is 0 Å². The van der Waals surface area contributed by atoms with Crippen LogP contribution in [0.1, 0.15) is 37.3 Å². The fraction of sp³-hybridized carbons (Fsp3) is 0.412. The first kappa shape index (κ1) is 13.9. The summed E-state index contributed by atoms with van der Waals surface area (Å²) in [7, 11) is 0. The van der Waals surface area contributed by atoms with E-state index in [9.17, 15) is 0 Å². The molecule has 110 valence electrons. The highest BCUT2D eigenvalue weighted by molar-refractivity contribution is 5.41. The molecule has 0 bridgehead atoms. The van der Waals surface area contributed by atoms with Gasteiger partial charge in [-0.1, -0.05) is 13.0 Å². The standard InChI is InChI=1S/C17H21N3O/c1-2-9-18-16-11-17(20-12-19-16)21-15-8-7-13-5-3-4-6-14(13)10-15/h7-8,10-12H,2-6,9H2,1H3,(H,18,19,20). The van der Waals surface area contributed by atoms with Crippen molar-refractivity contribution in [2.45, 2.75) is 39.0 Å². The number of nitrogens with one attached hydrogen (secondary N) is 1. The lowest BCUT2D eigenvalue weighted by Gasteiger charge is -2.16. The van der Waals surface area contributed by atoms with Gasteiger partial charge in [-0.2, -0.15) is 0 Å². The van der Waals surface area contributed by atoms with Gasteiger partial charge in [-0.25, -0.2) is 9.97 Å². The molecule has 3 rings (SSSR count). The van der Waals surface area contributed by atoms with Gasteiger partial charge in [0.1, 0.15) is 17.9 Å². The van der Waals surface area contributed by atoms with E-state index in [0.717, 1.165) is 31.0 Å². The number of rotatable bonds is 5. The lowest BCUT2D eigenvalue weighted by atomic mass is 9.92. The molecule has 0 saturated carbocycles. The van der Waals surface area contributed by atoms with Crippen LogP contribution in [-0.4, -0.2) is 16.5 Å². The van der Waals surface area contributed by atoms with Gasteiger partial charge in [0.25, 0.3) is 0 Å². The van der Waals surface area contributed by atoms with E-state index in [0.29, 0.717) is 5.88 Å². The number of aryl methyl sites for hydroxylation is 2. The predicted molar refractivity (Wildman–Crippen MR) is 84.0 cm³/mol. The van der Waals surface area contributed by atoms with Gasteiger partial charge in [0.15, 0.2) is 0 Å². The maximum absolute atomic E-state index is 5.87. The number of hydrogen-bond donors (Lipinski definition) is 1. The number of anilines is 1. The molecule has 0 spiro atoms. The van der Waals surface area contributed by atoms with Crippen molar-refractivity contribution in [3.05, 3.63) is 41.7 Å². The Kier molecular flexibility index (Phi) is 4.34. The normalized spacial score (nSPS) is 13.6. The molecule has 0 saturated heterocycles. The van der Waals surface area contributed by atoms with Gasteiger partial charge in [0.2, 0.25) is 5.88 Å². The Morgan fingerprint density at radius 2 is 1.95 bits per heavy atom. The molecular formula is C17H21N3O. The third-order valence-electron chi connectivity index (χ3n) is 3.74. The lowest BCUT2D eigenvalue weighted by Crippen LogP contribution is -2.03. The monoisotopic (exact) mass is 283 g/mol. The van der Waals surface area contributed by atoms with E-state index in [2.05, 4.69) is 34.3 Å². The summed E-state index contributed by atoms with van der Waals surface area (Å²) in [5.41, 5.74) is 2.87. The number of aromatic nitrogens is 2. The average Bonchev–Trinajstić information content (AvgIpc) is 2.53. The summed E-state index contributed by atoms with van der Waals surface area (Å²) >= 11 is 0. The summed E-state index contributed by atoms with van der Waals surface area (Å²) in [5, 5.41) is 3.24. The van der Waals surface area contributed by atoms with E-state index in [1.807, 2.05) is 12.1 Å². The fourth-order valence-electron chi connectivity index (χ4n) is 2.64. The molecule has 1 N–H and O–H groups in total. The minimum absolute atomic E-state index is 0.583. The fourth-order valence-corrected chi connectivity index (χ4v) is 2.64. The average molecular weight is 283 g/mol. The number of ether oxygens (including phenoxy) is 1. The van der Waals surface area contributed by atoms with Crippen LogP contribution in [0.2, 0.25) is 0 Å². The van der Waals surface area contributed by atoms with Crippen molar-refractivity contribution in [2.24, 2.45) is 0 Å². The largest absolute Gasteiger partial charge is 0.439 e. The van der Waals surface area contributed by atoms with Crippen LogP contribution in [-0.2, 0) is 12.8 Å². The van der Waals surface area contributed by atoms with Crippen molar-refractivity contribution in [1.29, 1.82) is 0 Å². The minimum Gasteiger partial charge on any atom is -0.439 e. The van der Waals surface area contributed by atoms with E-state index in [1.54, 1.807) is 0 Å². The zero-order valence-electron chi connectivity index (χ0n) is 12.4. The maximum Gasteiger partial charge on any atom is 0.224 e. The van der Waals surface area contributed by atoms with Crippen LogP contribution in [0.5, 0.6) is 11.6 Å². The Balaban J connectivity index is 1.74. The molecule has 1 aromatic carbocycles. The number of benzene rings is 1. The highest BCUT2D eigenvalue weighted by atomic mass is 16.5. The Hall–Kier alpha value is -2.10. The lowest BCUT2D eigenvalue weighted by molar-refractivity contribution is 0.460. The molecule has 2 aromatic rings. The van der Waals surface area contributed by atoms with Crippen LogP contribution in [0.3, 0.4) is 0 Å². The van der Waals surface area contributed by atoms with Crippen molar-refractivity contribution in [1.82, 2.24) is 9.97 Å². The first-order chi connectivity index (χ1) is 10.3. The molecule has 1 aromatic heterocycles. The molecule has 0 fully saturated rings. The van der Waals surface area contributed by atoms with Crippen molar-refractivity contribution in [3.8, 4) is 11.6 Å². The summed E-state index contributed by atoms with van der Waals surface area (Å²) in [4.78, 5) is 8.37. The molecule has 4 heteroatoms. The Morgan fingerprint density at radius 3 is 2.81 bits per heavy atom. The van der Waals surface area contributed by atoms with E-state index in [4.69, 9.17) is 4.74 Å². The summed E-state index contributed by atoms with van der Waals surface area (Å²) < 4.78 is 5.87. The van der Waals surface area contributed by atoms with E-state index < -0.39 is 0 Å². The maximum atomic E-state index is 5.87. The summed E-state index contributed by atoms with van der Waals surface area (Å²) in [5.74, 6) is 2.25. The predicted octanol–water partition coefficient (Wildman–Crippen LogP) is 3.97. The molecule has 0 aliphatic heterocycles. The number of fused-ring (bicyclic) bond motifs is 1. The third kappa shape index (κ3) is 3.51. The summed E-state index contributed by atoms with van der Waals surface area (Å²) in [6, 6.07) is 8.21. The zero-order chi connectivity index (χ0) is 14.5. The van der Waals surface area contributed by atoms with Gasteiger partial charge in [0, 0.05) is 12.6 Å². The van der Waals surface area contributed by atoms with Gasteiger partial charge in [0.05, 0.1) is 0 Å². The van der Waals surface area contributed by atoms with Crippen molar-refractivity contribution in [3.63, 3.8) is 0 Å². The Morgan fingerprint density at radius 1 is 1.10 bits per heavy atom. The molecule has 0 atom stereocenters. The smallest absolute Gasteiger partial charge is 0.224 e. The molecule has 1 aliphatic carbocycles. The molecule has 21 heavy (non-hydrogen) atoms. The quantitative estimate of drug-likeness (QED) is 0.902. The second kappa shape index (κ2) is 6.57. The summed E-state index contributed by atoms with van der Waals surface area (Å²) in [6.07, 6.45) is 7.51. The van der Waals surface area contributed by atoms with Crippen molar-refractivity contribution >= 4 is 5.82 Å². The molecular weight excluding hydrogens is 262 g/mol.